The summed E-state index contributed by atoms with van der Waals surface area (Å²) in [6.45, 7) is 4.47. The van der Waals surface area contributed by atoms with Gasteiger partial charge in [0.1, 0.15) is 0 Å². The van der Waals surface area contributed by atoms with Gasteiger partial charge in [-0.3, -0.25) is 0 Å². The Morgan fingerprint density at radius 2 is 1.82 bits per heavy atom. The highest BCUT2D eigenvalue weighted by Crippen LogP contribution is 2.41. The first kappa shape index (κ1) is 13.4. The zero-order valence-corrected chi connectivity index (χ0v) is 11.6. The van der Waals surface area contributed by atoms with E-state index in [1.165, 1.54) is 51.4 Å². The molecular formula is C15H29NO. The van der Waals surface area contributed by atoms with Crippen LogP contribution in [0.25, 0.3) is 0 Å². The van der Waals surface area contributed by atoms with E-state index in [0.717, 1.165) is 19.1 Å². The second kappa shape index (κ2) is 6.19. The Kier molecular flexibility index (Phi) is 4.87. The molecule has 17 heavy (non-hydrogen) atoms. The molecule has 1 aliphatic carbocycles. The second-order valence-electron chi connectivity index (χ2n) is 6.35. The average molecular weight is 239 g/mol. The Morgan fingerprint density at radius 1 is 1.18 bits per heavy atom. The van der Waals surface area contributed by atoms with Crippen LogP contribution >= 0.6 is 0 Å². The van der Waals surface area contributed by atoms with E-state index in [0.29, 0.717) is 11.5 Å². The lowest BCUT2D eigenvalue weighted by Gasteiger charge is -2.42. The third kappa shape index (κ3) is 3.45. The minimum Gasteiger partial charge on any atom is -0.381 e. The first-order chi connectivity index (χ1) is 8.24. The van der Waals surface area contributed by atoms with E-state index in [2.05, 4.69) is 19.3 Å². The first-order valence-corrected chi connectivity index (χ1v) is 7.49. The standard InChI is InChI=1S/C15H29NO/c1-15(8-4-3-5-9-15)14(16-2)12-13-6-10-17-11-7-13/h13-14,16H,3-12H2,1-2H3. The van der Waals surface area contributed by atoms with Crippen molar-refractivity contribution in [2.24, 2.45) is 11.3 Å². The van der Waals surface area contributed by atoms with Crippen molar-refractivity contribution in [3.05, 3.63) is 0 Å². The minimum absolute atomic E-state index is 0.547. The van der Waals surface area contributed by atoms with Crippen LogP contribution in [-0.2, 0) is 4.74 Å². The van der Waals surface area contributed by atoms with Crippen LogP contribution in [0.5, 0.6) is 0 Å². The smallest absolute Gasteiger partial charge is 0.0468 e. The van der Waals surface area contributed by atoms with Crippen molar-refractivity contribution in [2.45, 2.75) is 64.3 Å². The molecule has 2 fully saturated rings. The summed E-state index contributed by atoms with van der Waals surface area (Å²) in [7, 11) is 2.16. The van der Waals surface area contributed by atoms with E-state index in [4.69, 9.17) is 4.74 Å². The number of hydrogen-bond acceptors (Lipinski definition) is 2. The van der Waals surface area contributed by atoms with Crippen LogP contribution in [0.1, 0.15) is 58.3 Å². The van der Waals surface area contributed by atoms with Crippen LogP contribution in [0.15, 0.2) is 0 Å². The van der Waals surface area contributed by atoms with Crippen molar-refractivity contribution in [1.29, 1.82) is 0 Å². The molecule has 2 aliphatic rings. The van der Waals surface area contributed by atoms with Gasteiger partial charge in [-0.25, -0.2) is 0 Å². The lowest BCUT2D eigenvalue weighted by Crippen LogP contribution is -2.44. The van der Waals surface area contributed by atoms with Crippen LogP contribution in [-0.4, -0.2) is 26.3 Å². The molecule has 1 N–H and O–H groups in total. The van der Waals surface area contributed by atoms with E-state index in [1.54, 1.807) is 0 Å². The normalized spacial score (nSPS) is 27.9. The van der Waals surface area contributed by atoms with Gasteiger partial charge >= 0.3 is 0 Å². The summed E-state index contributed by atoms with van der Waals surface area (Å²) in [4.78, 5) is 0. The Labute approximate surface area is 107 Å². The molecule has 1 atom stereocenters. The van der Waals surface area contributed by atoms with Gasteiger partial charge in [-0.2, -0.15) is 0 Å². The van der Waals surface area contributed by atoms with E-state index in [1.807, 2.05) is 0 Å². The van der Waals surface area contributed by atoms with Crippen LogP contribution < -0.4 is 5.32 Å². The number of hydrogen-bond donors (Lipinski definition) is 1. The lowest BCUT2D eigenvalue weighted by molar-refractivity contribution is 0.0474. The van der Waals surface area contributed by atoms with Gasteiger partial charge in [-0.05, 0) is 50.5 Å². The summed E-state index contributed by atoms with van der Waals surface area (Å²) in [6, 6.07) is 0.714. The molecule has 0 spiro atoms. The Bertz CT molecular complexity index is 217. The third-order valence-electron chi connectivity index (χ3n) is 5.10. The second-order valence-corrected chi connectivity index (χ2v) is 6.35. The Morgan fingerprint density at radius 3 is 2.41 bits per heavy atom. The maximum Gasteiger partial charge on any atom is 0.0468 e. The third-order valence-corrected chi connectivity index (χ3v) is 5.10. The van der Waals surface area contributed by atoms with Gasteiger partial charge in [0.2, 0.25) is 0 Å². The quantitative estimate of drug-likeness (QED) is 0.812. The van der Waals surface area contributed by atoms with Crippen LogP contribution in [0, 0.1) is 11.3 Å². The van der Waals surface area contributed by atoms with Crippen molar-refractivity contribution in [2.75, 3.05) is 20.3 Å². The molecule has 2 rings (SSSR count). The topological polar surface area (TPSA) is 21.3 Å². The fraction of sp³-hybridized carbons (Fsp3) is 1.00. The monoisotopic (exact) mass is 239 g/mol. The molecule has 0 bridgehead atoms. The Balaban J connectivity index is 1.89. The number of nitrogens with one attached hydrogen (secondary N) is 1. The zero-order valence-electron chi connectivity index (χ0n) is 11.6. The van der Waals surface area contributed by atoms with Crippen LogP contribution in [0.3, 0.4) is 0 Å². The van der Waals surface area contributed by atoms with Crippen molar-refractivity contribution < 1.29 is 4.74 Å². The van der Waals surface area contributed by atoms with Gasteiger partial charge < -0.3 is 10.1 Å². The maximum absolute atomic E-state index is 5.47. The SMILES string of the molecule is CNC(CC1CCOCC1)C1(C)CCCCC1. The first-order valence-electron chi connectivity index (χ1n) is 7.49. The van der Waals surface area contributed by atoms with Gasteiger partial charge in [-0.1, -0.05) is 26.2 Å². The molecule has 100 valence electrons. The zero-order chi connectivity index (χ0) is 12.1. The highest BCUT2D eigenvalue weighted by molar-refractivity contribution is 4.90. The summed E-state index contributed by atoms with van der Waals surface area (Å²) in [5.74, 6) is 0.889. The molecule has 1 saturated heterocycles. The van der Waals surface area contributed by atoms with Crippen LogP contribution in [0.4, 0.5) is 0 Å². The van der Waals surface area contributed by atoms with Crippen molar-refractivity contribution in [3.63, 3.8) is 0 Å². The summed E-state index contributed by atoms with van der Waals surface area (Å²) < 4.78 is 5.47. The van der Waals surface area contributed by atoms with E-state index in [-0.39, 0.29) is 0 Å². The molecule has 1 saturated carbocycles. The molecule has 0 aromatic heterocycles. The van der Waals surface area contributed by atoms with Crippen LogP contribution in [0.2, 0.25) is 0 Å². The molecule has 0 radical (unpaired) electrons. The van der Waals surface area contributed by atoms with Gasteiger partial charge in [0, 0.05) is 19.3 Å². The van der Waals surface area contributed by atoms with Gasteiger partial charge in [0.25, 0.3) is 0 Å². The molecule has 0 amide bonds. The molecule has 2 nitrogen and oxygen atoms in total. The largest absolute Gasteiger partial charge is 0.381 e. The van der Waals surface area contributed by atoms with Crippen molar-refractivity contribution in [1.82, 2.24) is 5.32 Å². The summed E-state index contributed by atoms with van der Waals surface area (Å²) >= 11 is 0. The highest BCUT2D eigenvalue weighted by atomic mass is 16.5. The Hall–Kier alpha value is -0.0800. The predicted molar refractivity (Wildman–Crippen MR) is 72.2 cm³/mol. The minimum atomic E-state index is 0.547. The van der Waals surface area contributed by atoms with Crippen molar-refractivity contribution >= 4 is 0 Å². The van der Waals surface area contributed by atoms with E-state index < -0.39 is 0 Å². The summed E-state index contributed by atoms with van der Waals surface area (Å²) in [5.41, 5.74) is 0.547. The fourth-order valence-corrected chi connectivity index (χ4v) is 3.77. The molecule has 0 aromatic rings. The van der Waals surface area contributed by atoms with Gasteiger partial charge in [0.05, 0.1) is 0 Å². The van der Waals surface area contributed by atoms with Gasteiger partial charge in [0.15, 0.2) is 0 Å². The molecule has 1 unspecified atom stereocenters. The summed E-state index contributed by atoms with van der Waals surface area (Å²) in [6.07, 6.45) is 11.1. The van der Waals surface area contributed by atoms with Crippen molar-refractivity contribution in [3.8, 4) is 0 Å². The summed E-state index contributed by atoms with van der Waals surface area (Å²) in [5, 5.41) is 3.62. The highest BCUT2D eigenvalue weighted by Gasteiger charge is 2.35. The number of ether oxygens (including phenoxy) is 1. The molecule has 0 aromatic carbocycles. The fourth-order valence-electron chi connectivity index (χ4n) is 3.77. The average Bonchev–Trinajstić information content (AvgIpc) is 2.38. The molecular weight excluding hydrogens is 210 g/mol. The predicted octanol–water partition coefficient (Wildman–Crippen LogP) is 3.36. The van der Waals surface area contributed by atoms with Gasteiger partial charge in [-0.15, -0.1) is 0 Å². The number of rotatable bonds is 4. The van der Waals surface area contributed by atoms with E-state index in [9.17, 15) is 0 Å². The maximum atomic E-state index is 5.47. The molecule has 2 heteroatoms. The molecule has 1 heterocycles. The molecule has 1 aliphatic heterocycles. The lowest BCUT2D eigenvalue weighted by atomic mass is 9.68. The van der Waals surface area contributed by atoms with E-state index >= 15 is 0 Å².